The van der Waals surface area contributed by atoms with Gasteiger partial charge in [0.1, 0.15) is 0 Å². The number of rotatable bonds is 9. The largest absolute Gasteiger partial charge is 0.356 e. The summed E-state index contributed by atoms with van der Waals surface area (Å²) >= 11 is 0. The van der Waals surface area contributed by atoms with Gasteiger partial charge < -0.3 is 9.05 Å². The summed E-state index contributed by atoms with van der Waals surface area (Å²) in [5.74, 6) is 0.873. The van der Waals surface area contributed by atoms with E-state index >= 15 is 0 Å². The molecule has 0 unspecified atom stereocenters. The predicted molar refractivity (Wildman–Crippen MR) is 59.6 cm³/mol. The molecule has 0 aromatic carbocycles. The molecule has 0 heterocycles. The second kappa shape index (κ2) is 9.08. The predicted octanol–water partition coefficient (Wildman–Crippen LogP) is 4.25. The minimum absolute atomic E-state index is 0.221. The number of unbranched alkanes of at least 4 members (excludes halogenated alkanes) is 2. The fraction of sp³-hybridized carbons (Fsp3) is 0.800. The minimum atomic E-state index is -3.33. The van der Waals surface area contributed by atoms with E-state index in [9.17, 15) is 8.96 Å². The van der Waals surface area contributed by atoms with Crippen molar-refractivity contribution in [3.05, 3.63) is 12.1 Å². The Hall–Kier alpha value is -0.180. The van der Waals surface area contributed by atoms with Gasteiger partial charge in [-0.3, -0.25) is 4.57 Å². The highest BCUT2D eigenvalue weighted by atomic mass is 31.2. The van der Waals surface area contributed by atoms with Crippen LogP contribution in [0.15, 0.2) is 12.1 Å². The van der Waals surface area contributed by atoms with Gasteiger partial charge in [-0.05, 0) is 12.8 Å². The lowest BCUT2D eigenvalue weighted by atomic mass is 10.4. The van der Waals surface area contributed by atoms with Crippen molar-refractivity contribution in [1.29, 1.82) is 0 Å². The third-order valence-electron chi connectivity index (χ3n) is 1.78. The Morgan fingerprint density at radius 2 is 1.60 bits per heavy atom. The van der Waals surface area contributed by atoms with E-state index in [2.05, 4.69) is 0 Å². The van der Waals surface area contributed by atoms with E-state index < -0.39 is 7.60 Å². The summed E-state index contributed by atoms with van der Waals surface area (Å²) in [7, 11) is -3.33. The van der Waals surface area contributed by atoms with Crippen LogP contribution in [0, 0.1) is 0 Å². The van der Waals surface area contributed by atoms with Crippen molar-refractivity contribution in [3.8, 4) is 0 Å². The molecular weight excluding hydrogens is 218 g/mol. The van der Waals surface area contributed by atoms with Crippen LogP contribution < -0.4 is 0 Å². The Kier molecular flexibility index (Phi) is 8.97. The van der Waals surface area contributed by atoms with Gasteiger partial charge in [-0.15, -0.1) is 0 Å². The monoisotopic (exact) mass is 238 g/mol. The van der Waals surface area contributed by atoms with Crippen molar-refractivity contribution in [3.63, 3.8) is 0 Å². The van der Waals surface area contributed by atoms with Crippen LogP contribution in [0.1, 0.15) is 39.5 Å². The molecule has 0 saturated carbocycles. The van der Waals surface area contributed by atoms with Crippen LogP contribution in [-0.2, 0) is 13.6 Å². The molecule has 0 atom stereocenters. The molecule has 0 N–H and O–H groups in total. The second-order valence-corrected chi connectivity index (χ2v) is 5.08. The maximum absolute atomic E-state index is 12.0. The Balaban J connectivity index is 4.01. The van der Waals surface area contributed by atoms with Gasteiger partial charge in [-0.25, -0.2) is 4.39 Å². The lowest BCUT2D eigenvalue weighted by molar-refractivity contribution is 0.207. The Bertz CT molecular complexity index is 205. The zero-order valence-corrected chi connectivity index (χ0v) is 10.3. The maximum Gasteiger partial charge on any atom is 0.356 e. The Labute approximate surface area is 91.2 Å². The summed E-state index contributed by atoms with van der Waals surface area (Å²) in [4.78, 5) is 0. The Morgan fingerprint density at radius 1 is 1.13 bits per heavy atom. The number of halogens is 1. The summed E-state index contributed by atoms with van der Waals surface area (Å²) in [6, 6.07) is 0. The van der Waals surface area contributed by atoms with Crippen molar-refractivity contribution in [2.24, 2.45) is 0 Å². The molecule has 0 aliphatic rings. The number of hydrogen-bond donors (Lipinski definition) is 0. The van der Waals surface area contributed by atoms with E-state index in [0.717, 1.165) is 31.5 Å². The lowest BCUT2D eigenvalue weighted by Crippen LogP contribution is -1.97. The van der Waals surface area contributed by atoms with Gasteiger partial charge in [0.05, 0.1) is 25.4 Å². The van der Waals surface area contributed by atoms with Crippen LogP contribution in [0.3, 0.4) is 0 Å². The summed E-state index contributed by atoms with van der Waals surface area (Å²) < 4.78 is 33.9. The van der Waals surface area contributed by atoms with E-state index in [1.54, 1.807) is 0 Å². The summed E-state index contributed by atoms with van der Waals surface area (Å²) in [6.07, 6.45) is 3.68. The highest BCUT2D eigenvalue weighted by Gasteiger charge is 2.20. The van der Waals surface area contributed by atoms with Crippen molar-refractivity contribution < 1.29 is 18.0 Å². The normalized spacial score (nSPS) is 12.5. The molecule has 0 saturated heterocycles. The second-order valence-electron chi connectivity index (χ2n) is 3.19. The molecule has 0 spiro atoms. The first-order valence-corrected chi connectivity index (χ1v) is 6.96. The third kappa shape index (κ3) is 7.71. The number of hydrogen-bond acceptors (Lipinski definition) is 3. The Morgan fingerprint density at radius 3 is 1.93 bits per heavy atom. The van der Waals surface area contributed by atoms with Crippen LogP contribution in [-0.4, -0.2) is 13.2 Å². The van der Waals surface area contributed by atoms with Gasteiger partial charge in [0.25, 0.3) is 0 Å². The molecule has 0 aliphatic carbocycles. The van der Waals surface area contributed by atoms with Gasteiger partial charge in [0.2, 0.25) is 0 Å². The topological polar surface area (TPSA) is 35.5 Å². The van der Waals surface area contributed by atoms with Gasteiger partial charge in [-0.2, -0.15) is 0 Å². The molecule has 90 valence electrons. The van der Waals surface area contributed by atoms with Gasteiger partial charge >= 0.3 is 7.60 Å². The van der Waals surface area contributed by atoms with Gasteiger partial charge in [0.15, 0.2) is 0 Å². The minimum Gasteiger partial charge on any atom is -0.306 e. The summed E-state index contributed by atoms with van der Waals surface area (Å²) in [6.45, 7) is 4.67. The molecule has 15 heavy (non-hydrogen) atoms. The molecule has 5 heteroatoms. The van der Waals surface area contributed by atoms with Crippen LogP contribution in [0.25, 0.3) is 0 Å². The first-order valence-electron chi connectivity index (χ1n) is 5.35. The summed E-state index contributed by atoms with van der Waals surface area (Å²) in [5.41, 5.74) is 0. The van der Waals surface area contributed by atoms with Crippen molar-refractivity contribution in [1.82, 2.24) is 0 Å². The maximum atomic E-state index is 12.0. The lowest BCUT2D eigenvalue weighted by Gasteiger charge is -2.14. The van der Waals surface area contributed by atoms with E-state index in [-0.39, 0.29) is 6.33 Å². The van der Waals surface area contributed by atoms with Crippen molar-refractivity contribution >= 4 is 7.60 Å². The van der Waals surface area contributed by atoms with Gasteiger partial charge in [0, 0.05) is 0 Å². The van der Waals surface area contributed by atoms with Crippen molar-refractivity contribution in [2.75, 3.05) is 13.2 Å². The standard InChI is InChI=1S/C10H20FO3P/c1-3-5-8-13-15(12,10-7-11)14-9-6-4-2/h7,10H,3-6,8-9H2,1-2H3. The van der Waals surface area contributed by atoms with E-state index in [1.165, 1.54) is 0 Å². The molecular formula is C10H20FO3P. The zero-order chi connectivity index (χ0) is 11.6. The quantitative estimate of drug-likeness (QED) is 0.445. The average molecular weight is 238 g/mol. The molecule has 0 aromatic heterocycles. The molecule has 0 bridgehead atoms. The first kappa shape index (κ1) is 14.8. The average Bonchev–Trinajstić information content (AvgIpc) is 2.19. The van der Waals surface area contributed by atoms with Gasteiger partial charge in [-0.1, -0.05) is 26.7 Å². The molecule has 0 amide bonds. The fourth-order valence-electron chi connectivity index (χ4n) is 0.865. The molecule has 0 aromatic rings. The third-order valence-corrected chi connectivity index (χ3v) is 3.34. The molecule has 0 rings (SSSR count). The first-order chi connectivity index (χ1) is 7.18. The smallest absolute Gasteiger partial charge is 0.306 e. The highest BCUT2D eigenvalue weighted by molar-refractivity contribution is 7.57. The van der Waals surface area contributed by atoms with Crippen LogP contribution in [0.5, 0.6) is 0 Å². The summed E-state index contributed by atoms with van der Waals surface area (Å²) in [5, 5.41) is 0. The molecule has 0 aliphatic heterocycles. The SMILES string of the molecule is CCCCOP(=O)(C=CF)OCCCC. The van der Waals surface area contributed by atoms with Crippen molar-refractivity contribution in [2.45, 2.75) is 39.5 Å². The molecule has 0 radical (unpaired) electrons. The van der Waals surface area contributed by atoms with Crippen LogP contribution in [0.4, 0.5) is 4.39 Å². The zero-order valence-electron chi connectivity index (χ0n) is 9.45. The van der Waals surface area contributed by atoms with Crippen LogP contribution in [0.2, 0.25) is 0 Å². The fourth-order valence-corrected chi connectivity index (χ4v) is 2.02. The van der Waals surface area contributed by atoms with E-state index in [0.29, 0.717) is 13.2 Å². The highest BCUT2D eigenvalue weighted by Crippen LogP contribution is 2.50. The van der Waals surface area contributed by atoms with E-state index in [4.69, 9.17) is 9.05 Å². The molecule has 0 fully saturated rings. The van der Waals surface area contributed by atoms with E-state index in [1.807, 2.05) is 13.8 Å². The molecule has 3 nitrogen and oxygen atoms in total. The van der Waals surface area contributed by atoms with Crippen LogP contribution >= 0.6 is 7.60 Å².